The van der Waals surface area contributed by atoms with Gasteiger partial charge in [0.1, 0.15) is 0 Å². The van der Waals surface area contributed by atoms with E-state index in [0.29, 0.717) is 12.8 Å². The Labute approximate surface area is 115 Å². The topological polar surface area (TPSA) is 37.4 Å². The molecular formula is C14H16BrNO2. The van der Waals surface area contributed by atoms with Crippen LogP contribution in [-0.4, -0.2) is 16.7 Å². The van der Waals surface area contributed by atoms with Gasteiger partial charge in [0.15, 0.2) is 0 Å². The number of hydrogen-bond donors (Lipinski definition) is 0. The lowest BCUT2D eigenvalue weighted by Crippen LogP contribution is -2.37. The quantitative estimate of drug-likeness (QED) is 0.785. The molecule has 0 aliphatic carbocycles. The highest BCUT2D eigenvalue weighted by molar-refractivity contribution is 9.10. The first-order chi connectivity index (χ1) is 8.59. The fourth-order valence-corrected chi connectivity index (χ4v) is 2.70. The van der Waals surface area contributed by atoms with E-state index in [1.165, 1.54) is 4.90 Å². The van der Waals surface area contributed by atoms with Gasteiger partial charge in [-0.25, -0.2) is 0 Å². The minimum absolute atomic E-state index is 0.0509. The molecule has 0 saturated carbocycles. The van der Waals surface area contributed by atoms with E-state index in [-0.39, 0.29) is 17.9 Å². The normalized spacial score (nSPS) is 18.7. The number of carbonyl (C=O) groups excluding carboxylic acids is 2. The highest BCUT2D eigenvalue weighted by Gasteiger charge is 2.29. The minimum atomic E-state index is -0.194. The number of carbonyl (C=O) groups is 2. The molecule has 1 aromatic rings. The van der Waals surface area contributed by atoms with E-state index in [0.717, 1.165) is 22.9 Å². The van der Waals surface area contributed by atoms with Crippen LogP contribution in [0.3, 0.4) is 0 Å². The number of imide groups is 1. The molecule has 3 nitrogen and oxygen atoms in total. The summed E-state index contributed by atoms with van der Waals surface area (Å²) in [5.74, 6) is -0.102. The van der Waals surface area contributed by atoms with Gasteiger partial charge in [-0.05, 0) is 37.5 Å². The third-order valence-corrected chi connectivity index (χ3v) is 3.78. The summed E-state index contributed by atoms with van der Waals surface area (Å²) in [4.78, 5) is 25.5. The summed E-state index contributed by atoms with van der Waals surface area (Å²) in [6.07, 6.45) is 2.58. The maximum absolute atomic E-state index is 12.0. The van der Waals surface area contributed by atoms with E-state index in [2.05, 4.69) is 15.9 Å². The van der Waals surface area contributed by atoms with Crippen LogP contribution in [0, 0.1) is 0 Å². The van der Waals surface area contributed by atoms with Crippen molar-refractivity contribution in [1.82, 2.24) is 4.90 Å². The van der Waals surface area contributed by atoms with Crippen LogP contribution >= 0.6 is 15.9 Å². The molecular weight excluding hydrogens is 294 g/mol. The van der Waals surface area contributed by atoms with Gasteiger partial charge >= 0.3 is 0 Å². The number of hydrogen-bond acceptors (Lipinski definition) is 2. The summed E-state index contributed by atoms with van der Waals surface area (Å²) in [5.41, 5.74) is 0.980. The van der Waals surface area contributed by atoms with Gasteiger partial charge in [-0.2, -0.15) is 0 Å². The highest BCUT2D eigenvalue weighted by Crippen LogP contribution is 2.27. The summed E-state index contributed by atoms with van der Waals surface area (Å²) in [6, 6.07) is 7.56. The average molecular weight is 310 g/mol. The highest BCUT2D eigenvalue weighted by atomic mass is 79.9. The first-order valence-electron chi connectivity index (χ1n) is 6.20. The number of likely N-dealkylation sites (tertiary alicyclic amines) is 1. The molecule has 1 aliphatic heterocycles. The molecule has 2 amide bonds. The van der Waals surface area contributed by atoms with Crippen molar-refractivity contribution in [3.8, 4) is 0 Å². The molecule has 0 N–H and O–H groups in total. The zero-order chi connectivity index (χ0) is 13.1. The van der Waals surface area contributed by atoms with Gasteiger partial charge < -0.3 is 0 Å². The third kappa shape index (κ3) is 2.80. The van der Waals surface area contributed by atoms with Gasteiger partial charge in [0, 0.05) is 17.3 Å². The molecule has 2 rings (SSSR count). The predicted molar refractivity (Wildman–Crippen MR) is 72.9 cm³/mol. The van der Waals surface area contributed by atoms with E-state index in [9.17, 15) is 9.59 Å². The second-order valence-electron chi connectivity index (χ2n) is 4.60. The van der Waals surface area contributed by atoms with Crippen LogP contribution in [0.2, 0.25) is 0 Å². The lowest BCUT2D eigenvalue weighted by molar-refractivity contribution is -0.146. The van der Waals surface area contributed by atoms with Crippen molar-refractivity contribution < 1.29 is 9.59 Å². The summed E-state index contributed by atoms with van der Waals surface area (Å²) in [6.45, 7) is 1.91. The molecule has 1 fully saturated rings. The first-order valence-corrected chi connectivity index (χ1v) is 6.99. The van der Waals surface area contributed by atoms with Gasteiger partial charge in [-0.3, -0.25) is 14.5 Å². The molecule has 1 unspecified atom stereocenters. The van der Waals surface area contributed by atoms with Crippen molar-refractivity contribution in [2.45, 2.75) is 38.6 Å². The van der Waals surface area contributed by atoms with Crippen molar-refractivity contribution in [1.29, 1.82) is 0 Å². The van der Waals surface area contributed by atoms with Crippen LogP contribution in [0.1, 0.15) is 44.2 Å². The number of rotatable bonds is 2. The number of nitrogens with zero attached hydrogens (tertiary/aromatic N) is 1. The summed E-state index contributed by atoms with van der Waals surface area (Å²) < 4.78 is 0.960. The third-order valence-electron chi connectivity index (χ3n) is 3.29. The van der Waals surface area contributed by atoms with E-state index < -0.39 is 0 Å². The van der Waals surface area contributed by atoms with E-state index in [1.807, 2.05) is 31.2 Å². The molecule has 0 aromatic heterocycles. The van der Waals surface area contributed by atoms with Crippen LogP contribution < -0.4 is 0 Å². The minimum Gasteiger partial charge on any atom is -0.275 e. The Morgan fingerprint density at radius 1 is 1.17 bits per heavy atom. The summed E-state index contributed by atoms with van der Waals surface area (Å²) >= 11 is 3.41. The maximum Gasteiger partial charge on any atom is 0.229 e. The maximum atomic E-state index is 12.0. The fraction of sp³-hybridized carbons (Fsp3) is 0.429. The molecule has 0 radical (unpaired) electrons. The zero-order valence-corrected chi connectivity index (χ0v) is 11.9. The Morgan fingerprint density at radius 3 is 2.33 bits per heavy atom. The molecule has 1 aliphatic rings. The SMILES string of the molecule is CC(c1cccc(Br)c1)N1C(=O)CCCCC1=O. The van der Waals surface area contributed by atoms with Crippen LogP contribution in [0.25, 0.3) is 0 Å². The van der Waals surface area contributed by atoms with E-state index >= 15 is 0 Å². The first kappa shape index (κ1) is 13.3. The van der Waals surface area contributed by atoms with Crippen LogP contribution in [0.4, 0.5) is 0 Å². The predicted octanol–water partition coefficient (Wildman–Crippen LogP) is 3.44. The molecule has 0 bridgehead atoms. The Balaban J connectivity index is 2.28. The van der Waals surface area contributed by atoms with Gasteiger partial charge in [-0.1, -0.05) is 28.1 Å². The van der Waals surface area contributed by atoms with E-state index in [1.54, 1.807) is 0 Å². The van der Waals surface area contributed by atoms with Gasteiger partial charge in [0.25, 0.3) is 0 Å². The van der Waals surface area contributed by atoms with Gasteiger partial charge in [0.2, 0.25) is 11.8 Å². The van der Waals surface area contributed by atoms with Gasteiger partial charge in [0.05, 0.1) is 6.04 Å². The van der Waals surface area contributed by atoms with Crippen molar-refractivity contribution in [2.24, 2.45) is 0 Å². The second kappa shape index (κ2) is 5.65. The molecule has 18 heavy (non-hydrogen) atoms. The lowest BCUT2D eigenvalue weighted by atomic mass is 10.1. The van der Waals surface area contributed by atoms with Crippen LogP contribution in [0.15, 0.2) is 28.7 Å². The van der Waals surface area contributed by atoms with Crippen molar-refractivity contribution in [3.05, 3.63) is 34.3 Å². The molecule has 1 aromatic carbocycles. The number of halogens is 1. The Bertz CT molecular complexity index is 455. The standard InChI is InChI=1S/C14H16BrNO2/c1-10(11-5-4-6-12(15)9-11)16-13(17)7-2-3-8-14(16)18/h4-6,9-10H,2-3,7-8H2,1H3. The Kier molecular flexibility index (Phi) is 4.17. The summed E-state index contributed by atoms with van der Waals surface area (Å²) in [7, 11) is 0. The molecule has 4 heteroatoms. The smallest absolute Gasteiger partial charge is 0.229 e. The summed E-state index contributed by atoms with van der Waals surface area (Å²) in [5, 5.41) is 0. The molecule has 1 heterocycles. The van der Waals surface area contributed by atoms with Crippen molar-refractivity contribution >= 4 is 27.7 Å². The van der Waals surface area contributed by atoms with Crippen molar-refractivity contribution in [3.63, 3.8) is 0 Å². The van der Waals surface area contributed by atoms with Crippen LogP contribution in [-0.2, 0) is 9.59 Å². The Hall–Kier alpha value is -1.16. The monoisotopic (exact) mass is 309 g/mol. The fourth-order valence-electron chi connectivity index (χ4n) is 2.28. The molecule has 1 atom stereocenters. The van der Waals surface area contributed by atoms with Crippen molar-refractivity contribution in [2.75, 3.05) is 0 Å². The average Bonchev–Trinajstić information content (AvgIpc) is 2.50. The molecule has 1 saturated heterocycles. The number of amides is 2. The van der Waals surface area contributed by atoms with Crippen LogP contribution in [0.5, 0.6) is 0 Å². The second-order valence-corrected chi connectivity index (χ2v) is 5.51. The molecule has 0 spiro atoms. The number of benzene rings is 1. The Morgan fingerprint density at radius 2 is 1.78 bits per heavy atom. The lowest BCUT2D eigenvalue weighted by Gasteiger charge is -2.26. The van der Waals surface area contributed by atoms with Gasteiger partial charge in [-0.15, -0.1) is 0 Å². The molecule has 96 valence electrons. The zero-order valence-electron chi connectivity index (χ0n) is 10.4. The largest absolute Gasteiger partial charge is 0.275 e. The van der Waals surface area contributed by atoms with E-state index in [4.69, 9.17) is 0 Å².